The minimum atomic E-state index is -0.786. The number of aliphatic carboxylic acids is 1. The zero-order valence-corrected chi connectivity index (χ0v) is 12.2. The Labute approximate surface area is 117 Å². The van der Waals surface area contributed by atoms with Crippen molar-refractivity contribution in [2.45, 2.75) is 33.7 Å². The van der Waals surface area contributed by atoms with Gasteiger partial charge in [-0.2, -0.15) is 0 Å². The number of hydrogen-bond acceptors (Lipinski definition) is 1. The van der Waals surface area contributed by atoms with Crippen molar-refractivity contribution in [2.75, 3.05) is 0 Å². The summed E-state index contributed by atoms with van der Waals surface area (Å²) < 4.78 is 2.10. The van der Waals surface area contributed by atoms with Crippen molar-refractivity contribution in [3.63, 3.8) is 0 Å². The molecule has 0 amide bonds. The van der Waals surface area contributed by atoms with Crippen LogP contribution in [-0.2, 0) is 17.8 Å². The van der Waals surface area contributed by atoms with Crippen molar-refractivity contribution in [1.82, 2.24) is 4.57 Å². The first kappa shape index (κ1) is 13.9. The predicted octanol–water partition coefficient (Wildman–Crippen LogP) is 3.97. The zero-order chi connectivity index (χ0) is 14.2. The number of aryl methyl sites for hydroxylation is 1. The van der Waals surface area contributed by atoms with Gasteiger partial charge in [0.2, 0.25) is 0 Å². The van der Waals surface area contributed by atoms with Crippen molar-refractivity contribution in [1.29, 1.82) is 0 Å². The van der Waals surface area contributed by atoms with Crippen LogP contribution in [0.1, 0.15) is 26.5 Å². The molecule has 0 atom stereocenters. The quantitative estimate of drug-likeness (QED) is 0.920. The molecule has 1 aromatic heterocycles. The number of benzene rings is 1. The SMILES string of the molecule is CCn1c(CC(C)(C)C(=O)O)cc2cccc(Cl)c21. The molecule has 0 saturated heterocycles. The number of nitrogens with zero attached hydrogens (tertiary/aromatic N) is 1. The highest BCUT2D eigenvalue weighted by Crippen LogP contribution is 2.30. The van der Waals surface area contributed by atoms with Crippen LogP contribution in [0.2, 0.25) is 5.02 Å². The molecular formula is C15H18ClNO2. The maximum absolute atomic E-state index is 11.3. The molecule has 0 bridgehead atoms. The molecule has 19 heavy (non-hydrogen) atoms. The number of carboxylic acids is 1. The Morgan fingerprint density at radius 3 is 2.68 bits per heavy atom. The van der Waals surface area contributed by atoms with E-state index in [4.69, 9.17) is 11.6 Å². The van der Waals surface area contributed by atoms with Gasteiger partial charge in [0, 0.05) is 24.0 Å². The largest absolute Gasteiger partial charge is 0.481 e. The fourth-order valence-corrected chi connectivity index (χ4v) is 2.65. The molecule has 0 aliphatic heterocycles. The van der Waals surface area contributed by atoms with Gasteiger partial charge in [-0.3, -0.25) is 4.79 Å². The average Bonchev–Trinajstić information content (AvgIpc) is 2.66. The van der Waals surface area contributed by atoms with Crippen LogP contribution in [0.15, 0.2) is 24.3 Å². The number of carboxylic acid groups (broad SMARTS) is 1. The van der Waals surface area contributed by atoms with Gasteiger partial charge in [-0.1, -0.05) is 23.7 Å². The van der Waals surface area contributed by atoms with Gasteiger partial charge in [-0.05, 0) is 32.9 Å². The lowest BCUT2D eigenvalue weighted by molar-refractivity contribution is -0.146. The first-order valence-electron chi connectivity index (χ1n) is 6.37. The maximum Gasteiger partial charge on any atom is 0.309 e. The van der Waals surface area contributed by atoms with Crippen molar-refractivity contribution >= 4 is 28.5 Å². The second kappa shape index (κ2) is 4.89. The van der Waals surface area contributed by atoms with E-state index in [9.17, 15) is 9.90 Å². The Morgan fingerprint density at radius 2 is 2.11 bits per heavy atom. The minimum absolute atomic E-state index is 0.487. The molecule has 0 fully saturated rings. The molecule has 0 aliphatic carbocycles. The molecule has 1 heterocycles. The second-order valence-corrected chi connectivity index (χ2v) is 5.83. The number of halogens is 1. The Balaban J connectivity index is 2.56. The first-order chi connectivity index (χ1) is 8.86. The van der Waals surface area contributed by atoms with Crippen LogP contribution in [0.4, 0.5) is 0 Å². The molecular weight excluding hydrogens is 262 g/mol. The first-order valence-corrected chi connectivity index (χ1v) is 6.74. The Morgan fingerprint density at radius 1 is 1.42 bits per heavy atom. The smallest absolute Gasteiger partial charge is 0.309 e. The number of fused-ring (bicyclic) bond motifs is 1. The van der Waals surface area contributed by atoms with Gasteiger partial charge in [-0.25, -0.2) is 0 Å². The molecule has 3 nitrogen and oxygen atoms in total. The van der Waals surface area contributed by atoms with Crippen molar-refractivity contribution in [3.8, 4) is 0 Å². The maximum atomic E-state index is 11.3. The summed E-state index contributed by atoms with van der Waals surface area (Å²) in [6.07, 6.45) is 0.487. The van der Waals surface area contributed by atoms with Crippen molar-refractivity contribution in [2.24, 2.45) is 5.41 Å². The van der Waals surface area contributed by atoms with E-state index in [1.165, 1.54) is 0 Å². The Kier molecular flexibility index (Phi) is 3.59. The summed E-state index contributed by atoms with van der Waals surface area (Å²) in [6.45, 7) is 6.31. The van der Waals surface area contributed by atoms with E-state index in [0.717, 1.165) is 23.1 Å². The van der Waals surface area contributed by atoms with Crippen LogP contribution in [-0.4, -0.2) is 15.6 Å². The van der Waals surface area contributed by atoms with Crippen LogP contribution in [0.25, 0.3) is 10.9 Å². The summed E-state index contributed by atoms with van der Waals surface area (Å²) in [5, 5.41) is 11.0. The third-order valence-electron chi connectivity index (χ3n) is 3.47. The molecule has 4 heteroatoms. The fraction of sp³-hybridized carbons (Fsp3) is 0.400. The van der Waals surface area contributed by atoms with Crippen LogP contribution in [0.5, 0.6) is 0 Å². The molecule has 1 aromatic carbocycles. The number of rotatable bonds is 4. The molecule has 0 aliphatic rings. The van der Waals surface area contributed by atoms with E-state index >= 15 is 0 Å². The van der Waals surface area contributed by atoms with E-state index < -0.39 is 11.4 Å². The van der Waals surface area contributed by atoms with E-state index in [2.05, 4.69) is 4.57 Å². The Bertz CT molecular complexity index is 628. The summed E-state index contributed by atoms with van der Waals surface area (Å²) in [7, 11) is 0. The third-order valence-corrected chi connectivity index (χ3v) is 3.78. The van der Waals surface area contributed by atoms with Crippen molar-refractivity contribution in [3.05, 3.63) is 35.0 Å². The zero-order valence-electron chi connectivity index (χ0n) is 11.4. The summed E-state index contributed by atoms with van der Waals surface area (Å²) in [5.74, 6) is -0.786. The van der Waals surface area contributed by atoms with Crippen LogP contribution in [0, 0.1) is 5.41 Å². The molecule has 0 radical (unpaired) electrons. The number of carbonyl (C=O) groups is 1. The molecule has 0 saturated carbocycles. The topological polar surface area (TPSA) is 42.2 Å². The summed E-state index contributed by atoms with van der Waals surface area (Å²) in [4.78, 5) is 11.3. The average molecular weight is 280 g/mol. The summed E-state index contributed by atoms with van der Waals surface area (Å²) >= 11 is 6.25. The standard InChI is InChI=1S/C15H18ClNO2/c1-4-17-11(9-15(2,3)14(18)19)8-10-6-5-7-12(16)13(10)17/h5-8H,4,9H2,1-3H3,(H,18,19). The van der Waals surface area contributed by atoms with E-state index in [1.807, 2.05) is 31.2 Å². The fourth-order valence-electron chi connectivity index (χ4n) is 2.37. The lowest BCUT2D eigenvalue weighted by atomic mass is 9.88. The minimum Gasteiger partial charge on any atom is -0.481 e. The van der Waals surface area contributed by atoms with Gasteiger partial charge in [0.05, 0.1) is 16.0 Å². The number of hydrogen-bond donors (Lipinski definition) is 1. The monoisotopic (exact) mass is 279 g/mol. The van der Waals surface area contributed by atoms with Crippen LogP contribution in [0.3, 0.4) is 0 Å². The van der Waals surface area contributed by atoms with E-state index in [-0.39, 0.29) is 0 Å². The summed E-state index contributed by atoms with van der Waals surface area (Å²) in [5.41, 5.74) is 1.22. The molecule has 0 unspecified atom stereocenters. The van der Waals surface area contributed by atoms with Gasteiger partial charge >= 0.3 is 5.97 Å². The molecule has 2 rings (SSSR count). The van der Waals surface area contributed by atoms with Gasteiger partial charge < -0.3 is 9.67 Å². The normalized spacial score (nSPS) is 12.0. The molecule has 102 valence electrons. The highest BCUT2D eigenvalue weighted by molar-refractivity contribution is 6.35. The second-order valence-electron chi connectivity index (χ2n) is 5.42. The van der Waals surface area contributed by atoms with Gasteiger partial charge in [0.25, 0.3) is 0 Å². The lowest BCUT2D eigenvalue weighted by Crippen LogP contribution is -2.27. The van der Waals surface area contributed by atoms with Crippen LogP contribution < -0.4 is 0 Å². The van der Waals surface area contributed by atoms with Gasteiger partial charge in [0.1, 0.15) is 0 Å². The molecule has 2 aromatic rings. The van der Waals surface area contributed by atoms with Gasteiger partial charge in [-0.15, -0.1) is 0 Å². The number of aromatic nitrogens is 1. The van der Waals surface area contributed by atoms with Crippen molar-refractivity contribution < 1.29 is 9.90 Å². The third kappa shape index (κ3) is 2.47. The lowest BCUT2D eigenvalue weighted by Gasteiger charge is -2.20. The Hall–Kier alpha value is -1.48. The highest BCUT2D eigenvalue weighted by atomic mass is 35.5. The predicted molar refractivity (Wildman–Crippen MR) is 77.7 cm³/mol. The molecule has 1 N–H and O–H groups in total. The van der Waals surface area contributed by atoms with E-state index in [0.29, 0.717) is 11.4 Å². The molecule has 0 spiro atoms. The number of para-hydroxylation sites is 1. The van der Waals surface area contributed by atoms with Crippen LogP contribution >= 0.6 is 11.6 Å². The van der Waals surface area contributed by atoms with Gasteiger partial charge in [0.15, 0.2) is 0 Å². The summed E-state index contributed by atoms with van der Waals surface area (Å²) in [6, 6.07) is 7.82. The highest BCUT2D eigenvalue weighted by Gasteiger charge is 2.29. The van der Waals surface area contributed by atoms with E-state index in [1.54, 1.807) is 13.8 Å².